The summed E-state index contributed by atoms with van der Waals surface area (Å²) in [5.41, 5.74) is 0. The molecule has 0 unspecified atom stereocenters. The summed E-state index contributed by atoms with van der Waals surface area (Å²) in [6, 6.07) is 6.96. The van der Waals surface area contributed by atoms with Crippen molar-refractivity contribution in [3.8, 4) is 5.75 Å². The third-order valence-electron chi connectivity index (χ3n) is 2.86. The fraction of sp³-hybridized carbons (Fsp3) is 0.533. The quantitative estimate of drug-likeness (QED) is 0.362. The number of alkyl halides is 3. The molecular formula is C15H22ClF3IN3O. The number of rotatable bonds is 7. The van der Waals surface area contributed by atoms with E-state index in [1.54, 1.807) is 36.2 Å². The molecule has 0 aliphatic carbocycles. The van der Waals surface area contributed by atoms with Crippen LogP contribution < -0.4 is 10.1 Å². The molecule has 0 amide bonds. The number of guanidine groups is 1. The molecule has 0 radical (unpaired) electrons. The number of ether oxygens (including phenoxy) is 1. The van der Waals surface area contributed by atoms with Gasteiger partial charge >= 0.3 is 6.18 Å². The first kappa shape index (κ1) is 23.1. The summed E-state index contributed by atoms with van der Waals surface area (Å²) >= 11 is 5.79. The second-order valence-corrected chi connectivity index (χ2v) is 5.26. The first-order valence-corrected chi connectivity index (χ1v) is 7.64. The van der Waals surface area contributed by atoms with Crippen LogP contribution in [0, 0.1) is 0 Å². The van der Waals surface area contributed by atoms with E-state index in [0.717, 1.165) is 0 Å². The first-order valence-electron chi connectivity index (χ1n) is 7.26. The Morgan fingerprint density at radius 2 is 1.92 bits per heavy atom. The van der Waals surface area contributed by atoms with Gasteiger partial charge in [-0.05, 0) is 31.2 Å². The Labute approximate surface area is 162 Å². The van der Waals surface area contributed by atoms with Gasteiger partial charge in [-0.25, -0.2) is 0 Å². The van der Waals surface area contributed by atoms with Crippen LogP contribution in [0.2, 0.25) is 5.02 Å². The highest BCUT2D eigenvalue weighted by atomic mass is 127. The van der Waals surface area contributed by atoms with Gasteiger partial charge in [-0.15, -0.1) is 24.0 Å². The molecule has 0 aliphatic rings. The summed E-state index contributed by atoms with van der Waals surface area (Å²) in [6.07, 6.45) is -5.13. The number of nitrogens with one attached hydrogen (secondary N) is 1. The van der Waals surface area contributed by atoms with Crippen molar-refractivity contribution in [2.45, 2.75) is 19.5 Å². The highest BCUT2D eigenvalue weighted by Crippen LogP contribution is 2.19. The standard InChI is InChI=1S/C15H21ClF3N3O.HI/c1-3-20-14(21-9-8-15(17,18)19)22(2)10-11-23-13-6-4-12(16)5-7-13;/h4-7H,3,8-11H2,1-2H3,(H,20,21);1H. The SMILES string of the molecule is CCNC(=NCCC(F)(F)F)N(C)CCOc1ccc(Cl)cc1.I. The zero-order valence-electron chi connectivity index (χ0n) is 13.6. The maximum Gasteiger partial charge on any atom is 0.390 e. The molecule has 1 aromatic rings. The number of nitrogens with zero attached hydrogens (tertiary/aromatic N) is 2. The highest BCUT2D eigenvalue weighted by molar-refractivity contribution is 14.0. The fourth-order valence-corrected chi connectivity index (χ4v) is 1.82. The molecule has 9 heteroatoms. The average molecular weight is 480 g/mol. The molecule has 0 aliphatic heterocycles. The number of hydrogen-bond acceptors (Lipinski definition) is 2. The molecule has 1 N–H and O–H groups in total. The maximum atomic E-state index is 12.2. The molecule has 4 nitrogen and oxygen atoms in total. The molecule has 1 rings (SSSR count). The van der Waals surface area contributed by atoms with Gasteiger partial charge in [-0.2, -0.15) is 13.2 Å². The first-order chi connectivity index (χ1) is 10.8. The Balaban J connectivity index is 0.00000529. The van der Waals surface area contributed by atoms with Gasteiger partial charge in [0.25, 0.3) is 0 Å². The summed E-state index contributed by atoms with van der Waals surface area (Å²) in [6.45, 7) is 3.00. The topological polar surface area (TPSA) is 36.9 Å². The van der Waals surface area contributed by atoms with E-state index >= 15 is 0 Å². The second kappa shape index (κ2) is 11.6. The lowest BCUT2D eigenvalue weighted by molar-refractivity contribution is -0.132. The number of halogens is 5. The molecule has 0 bridgehead atoms. The molecule has 0 heterocycles. The smallest absolute Gasteiger partial charge is 0.390 e. The minimum Gasteiger partial charge on any atom is -0.492 e. The predicted octanol–water partition coefficient (Wildman–Crippen LogP) is 4.19. The van der Waals surface area contributed by atoms with Gasteiger partial charge in [0.05, 0.1) is 19.5 Å². The van der Waals surface area contributed by atoms with Crippen molar-refractivity contribution in [2.24, 2.45) is 4.99 Å². The molecule has 24 heavy (non-hydrogen) atoms. The van der Waals surface area contributed by atoms with E-state index in [1.807, 2.05) is 6.92 Å². The third-order valence-corrected chi connectivity index (χ3v) is 3.11. The van der Waals surface area contributed by atoms with Gasteiger partial charge < -0.3 is 15.0 Å². The summed E-state index contributed by atoms with van der Waals surface area (Å²) in [5, 5.41) is 3.59. The molecular weight excluding hydrogens is 458 g/mol. The number of aliphatic imine (C=N–C) groups is 1. The Morgan fingerprint density at radius 1 is 1.29 bits per heavy atom. The Bertz CT molecular complexity index is 498. The average Bonchev–Trinajstić information content (AvgIpc) is 2.47. The van der Waals surface area contributed by atoms with Gasteiger partial charge in [0.15, 0.2) is 5.96 Å². The van der Waals surface area contributed by atoms with Gasteiger partial charge in [-0.1, -0.05) is 11.6 Å². The van der Waals surface area contributed by atoms with Crippen LogP contribution in [-0.4, -0.2) is 50.3 Å². The molecule has 0 saturated heterocycles. The minimum atomic E-state index is -4.20. The van der Waals surface area contributed by atoms with Crippen molar-refractivity contribution >= 4 is 41.5 Å². The van der Waals surface area contributed by atoms with Crippen LogP contribution in [0.15, 0.2) is 29.3 Å². The van der Waals surface area contributed by atoms with E-state index in [9.17, 15) is 13.2 Å². The third kappa shape index (κ3) is 10.1. The van der Waals surface area contributed by atoms with Gasteiger partial charge in [-0.3, -0.25) is 4.99 Å². The molecule has 0 fully saturated rings. The fourth-order valence-electron chi connectivity index (χ4n) is 1.70. The zero-order chi connectivity index (χ0) is 17.3. The van der Waals surface area contributed by atoms with Crippen LogP contribution >= 0.6 is 35.6 Å². The highest BCUT2D eigenvalue weighted by Gasteiger charge is 2.26. The van der Waals surface area contributed by atoms with E-state index in [4.69, 9.17) is 16.3 Å². The summed E-state index contributed by atoms with van der Waals surface area (Å²) in [5.74, 6) is 1.11. The van der Waals surface area contributed by atoms with E-state index < -0.39 is 12.6 Å². The van der Waals surface area contributed by atoms with E-state index in [0.29, 0.717) is 36.4 Å². The molecule has 0 spiro atoms. The van der Waals surface area contributed by atoms with Crippen molar-refractivity contribution in [1.29, 1.82) is 0 Å². The lowest BCUT2D eigenvalue weighted by atomic mass is 10.3. The predicted molar refractivity (Wildman–Crippen MR) is 102 cm³/mol. The number of hydrogen-bond donors (Lipinski definition) is 1. The summed E-state index contributed by atoms with van der Waals surface area (Å²) < 4.78 is 42.1. The molecule has 0 aromatic heterocycles. The van der Waals surface area contributed by atoms with Crippen molar-refractivity contribution in [2.75, 3.05) is 33.3 Å². The van der Waals surface area contributed by atoms with Crippen molar-refractivity contribution in [3.63, 3.8) is 0 Å². The zero-order valence-corrected chi connectivity index (χ0v) is 16.7. The second-order valence-electron chi connectivity index (χ2n) is 4.82. The normalized spacial score (nSPS) is 11.7. The summed E-state index contributed by atoms with van der Waals surface area (Å²) in [4.78, 5) is 5.71. The van der Waals surface area contributed by atoms with Crippen LogP contribution in [0.3, 0.4) is 0 Å². The molecule has 0 atom stereocenters. The molecule has 1 aromatic carbocycles. The molecule has 138 valence electrons. The Kier molecular flexibility index (Phi) is 11.2. The van der Waals surface area contributed by atoms with E-state index in [1.165, 1.54) is 0 Å². The maximum absolute atomic E-state index is 12.2. The minimum absolute atomic E-state index is 0. The number of benzene rings is 1. The van der Waals surface area contributed by atoms with Crippen LogP contribution in [0.5, 0.6) is 5.75 Å². The Morgan fingerprint density at radius 3 is 2.46 bits per heavy atom. The van der Waals surface area contributed by atoms with Crippen LogP contribution in [-0.2, 0) is 0 Å². The number of likely N-dealkylation sites (N-methyl/N-ethyl adjacent to an activating group) is 1. The van der Waals surface area contributed by atoms with Crippen LogP contribution in [0.25, 0.3) is 0 Å². The van der Waals surface area contributed by atoms with Gasteiger partial charge in [0.2, 0.25) is 0 Å². The summed E-state index contributed by atoms with van der Waals surface area (Å²) in [7, 11) is 1.75. The monoisotopic (exact) mass is 479 g/mol. The largest absolute Gasteiger partial charge is 0.492 e. The molecule has 0 saturated carbocycles. The van der Waals surface area contributed by atoms with Crippen molar-refractivity contribution in [1.82, 2.24) is 10.2 Å². The van der Waals surface area contributed by atoms with Crippen molar-refractivity contribution < 1.29 is 17.9 Å². The van der Waals surface area contributed by atoms with Crippen molar-refractivity contribution in [3.05, 3.63) is 29.3 Å². The van der Waals surface area contributed by atoms with Gasteiger partial charge in [0, 0.05) is 18.6 Å². The lowest BCUT2D eigenvalue weighted by Gasteiger charge is -2.22. The van der Waals surface area contributed by atoms with Gasteiger partial charge in [0.1, 0.15) is 12.4 Å². The lowest BCUT2D eigenvalue weighted by Crippen LogP contribution is -2.41. The van der Waals surface area contributed by atoms with E-state index in [-0.39, 0.29) is 30.5 Å². The Hall–Kier alpha value is -0.900. The van der Waals surface area contributed by atoms with Crippen LogP contribution in [0.4, 0.5) is 13.2 Å². The van der Waals surface area contributed by atoms with Crippen LogP contribution in [0.1, 0.15) is 13.3 Å². The van der Waals surface area contributed by atoms with E-state index in [2.05, 4.69) is 10.3 Å².